The third kappa shape index (κ3) is 5.49. The van der Waals surface area contributed by atoms with E-state index in [-0.39, 0.29) is 18.3 Å². The van der Waals surface area contributed by atoms with Gasteiger partial charge in [-0.2, -0.15) is 0 Å². The molecular weight excluding hydrogens is 264 g/mol. The van der Waals surface area contributed by atoms with Crippen LogP contribution in [0.25, 0.3) is 0 Å². The number of carbonyl (C=O) groups excluding carboxylic acids is 1. The van der Waals surface area contributed by atoms with Crippen molar-refractivity contribution in [1.82, 2.24) is 5.32 Å². The molecule has 1 amide bonds. The van der Waals surface area contributed by atoms with Gasteiger partial charge in [-0.1, -0.05) is 12.1 Å². The van der Waals surface area contributed by atoms with E-state index >= 15 is 0 Å². The van der Waals surface area contributed by atoms with Crippen molar-refractivity contribution in [3.63, 3.8) is 0 Å². The van der Waals surface area contributed by atoms with Gasteiger partial charge in [0.1, 0.15) is 5.75 Å². The molecule has 0 aliphatic carbocycles. The number of nitrogens with one attached hydrogen (secondary N) is 1. The van der Waals surface area contributed by atoms with Gasteiger partial charge in [0.2, 0.25) is 5.91 Å². The van der Waals surface area contributed by atoms with E-state index in [9.17, 15) is 4.79 Å². The number of halogens is 1. The summed E-state index contributed by atoms with van der Waals surface area (Å²) in [4.78, 5) is 11.9. The van der Waals surface area contributed by atoms with E-state index in [1.54, 1.807) is 0 Å². The van der Waals surface area contributed by atoms with Crippen molar-refractivity contribution in [3.05, 3.63) is 29.8 Å². The Hall–Kier alpha value is -1.26. The summed E-state index contributed by atoms with van der Waals surface area (Å²) in [6, 6.07) is 7.71. The van der Waals surface area contributed by atoms with Crippen molar-refractivity contribution in [2.45, 2.75) is 27.3 Å². The van der Waals surface area contributed by atoms with Gasteiger partial charge in [-0.25, -0.2) is 0 Å². The van der Waals surface area contributed by atoms with Gasteiger partial charge in [0.05, 0.1) is 12.0 Å². The van der Waals surface area contributed by atoms with Gasteiger partial charge < -0.3 is 15.8 Å². The predicted molar refractivity (Wildman–Crippen MR) is 79.5 cm³/mol. The lowest BCUT2D eigenvalue weighted by Crippen LogP contribution is -2.41. The van der Waals surface area contributed by atoms with Gasteiger partial charge in [0.15, 0.2) is 0 Å². The lowest BCUT2D eigenvalue weighted by Gasteiger charge is -2.21. The average Bonchev–Trinajstić information content (AvgIpc) is 2.36. The molecule has 0 bridgehead atoms. The molecule has 5 heteroatoms. The normalized spacial score (nSPS) is 10.5. The maximum Gasteiger partial charge on any atom is 0.227 e. The molecule has 108 valence electrons. The maximum atomic E-state index is 11.9. The van der Waals surface area contributed by atoms with Gasteiger partial charge in [-0.05, 0) is 38.5 Å². The molecule has 0 heterocycles. The topological polar surface area (TPSA) is 64.3 Å². The van der Waals surface area contributed by atoms with Crippen LogP contribution in [0, 0.1) is 5.41 Å². The van der Waals surface area contributed by atoms with Crippen LogP contribution in [0.15, 0.2) is 24.3 Å². The van der Waals surface area contributed by atoms with E-state index in [0.717, 1.165) is 11.3 Å². The lowest BCUT2D eigenvalue weighted by molar-refractivity contribution is -0.129. The van der Waals surface area contributed by atoms with E-state index in [1.807, 2.05) is 45.0 Å². The number of carbonyl (C=O) groups is 1. The van der Waals surface area contributed by atoms with Crippen LogP contribution in [0.4, 0.5) is 0 Å². The van der Waals surface area contributed by atoms with Crippen molar-refractivity contribution < 1.29 is 9.53 Å². The molecule has 19 heavy (non-hydrogen) atoms. The van der Waals surface area contributed by atoms with Crippen LogP contribution in [0.1, 0.15) is 26.3 Å². The fourth-order valence-corrected chi connectivity index (χ4v) is 1.43. The summed E-state index contributed by atoms with van der Waals surface area (Å²) in [7, 11) is 0. The minimum Gasteiger partial charge on any atom is -0.494 e. The highest BCUT2D eigenvalue weighted by Gasteiger charge is 2.25. The Morgan fingerprint density at radius 3 is 2.68 bits per heavy atom. The zero-order valence-electron chi connectivity index (χ0n) is 11.7. The highest BCUT2D eigenvalue weighted by atomic mass is 35.5. The number of hydrogen-bond acceptors (Lipinski definition) is 3. The Bertz CT molecular complexity index is 408. The first-order chi connectivity index (χ1) is 8.49. The van der Waals surface area contributed by atoms with E-state index in [1.165, 1.54) is 0 Å². The van der Waals surface area contributed by atoms with Crippen LogP contribution >= 0.6 is 12.4 Å². The zero-order chi connectivity index (χ0) is 13.6. The van der Waals surface area contributed by atoms with Crippen molar-refractivity contribution >= 4 is 18.3 Å². The first-order valence-corrected chi connectivity index (χ1v) is 6.19. The number of benzene rings is 1. The molecule has 0 aliphatic rings. The van der Waals surface area contributed by atoms with Crippen molar-refractivity contribution in [1.29, 1.82) is 0 Å². The summed E-state index contributed by atoms with van der Waals surface area (Å²) in [5, 5.41) is 2.88. The zero-order valence-corrected chi connectivity index (χ0v) is 12.5. The van der Waals surface area contributed by atoms with Gasteiger partial charge in [0.25, 0.3) is 0 Å². The monoisotopic (exact) mass is 286 g/mol. The fourth-order valence-electron chi connectivity index (χ4n) is 1.43. The van der Waals surface area contributed by atoms with Crippen LogP contribution in [-0.4, -0.2) is 19.1 Å². The second kappa shape index (κ2) is 8.02. The number of hydrogen-bond donors (Lipinski definition) is 2. The third-order valence-corrected chi connectivity index (χ3v) is 2.79. The van der Waals surface area contributed by atoms with Crippen LogP contribution in [-0.2, 0) is 11.3 Å². The summed E-state index contributed by atoms with van der Waals surface area (Å²) in [6.07, 6.45) is 0. The molecule has 1 rings (SSSR count). The molecule has 3 N–H and O–H groups in total. The molecule has 0 saturated heterocycles. The van der Waals surface area contributed by atoms with Gasteiger partial charge >= 0.3 is 0 Å². The molecule has 0 atom stereocenters. The molecule has 0 saturated carbocycles. The van der Waals surface area contributed by atoms with Crippen molar-refractivity contribution in [2.24, 2.45) is 11.1 Å². The second-order valence-electron chi connectivity index (χ2n) is 4.85. The lowest BCUT2D eigenvalue weighted by atomic mass is 9.92. The van der Waals surface area contributed by atoms with Crippen LogP contribution in [0.2, 0.25) is 0 Å². The Morgan fingerprint density at radius 1 is 1.42 bits per heavy atom. The van der Waals surface area contributed by atoms with Crippen LogP contribution in [0.3, 0.4) is 0 Å². The summed E-state index contributed by atoms with van der Waals surface area (Å²) < 4.78 is 5.41. The average molecular weight is 287 g/mol. The molecule has 1 aromatic rings. The number of ether oxygens (including phenoxy) is 1. The van der Waals surface area contributed by atoms with E-state index in [2.05, 4.69) is 5.32 Å². The highest BCUT2D eigenvalue weighted by Crippen LogP contribution is 2.15. The van der Waals surface area contributed by atoms with Crippen LogP contribution < -0.4 is 15.8 Å². The molecule has 0 aliphatic heterocycles. The number of amides is 1. The Kier molecular flexibility index (Phi) is 7.49. The number of rotatable bonds is 6. The largest absolute Gasteiger partial charge is 0.494 e. The summed E-state index contributed by atoms with van der Waals surface area (Å²) in [5.74, 6) is 0.786. The Labute approximate surface area is 121 Å². The number of nitrogens with two attached hydrogens (primary N) is 1. The van der Waals surface area contributed by atoms with E-state index in [4.69, 9.17) is 10.5 Å². The molecule has 0 unspecified atom stereocenters. The fraction of sp³-hybridized carbons (Fsp3) is 0.500. The predicted octanol–water partition coefficient (Wildman–Crippen LogP) is 2.11. The molecule has 0 spiro atoms. The first-order valence-electron chi connectivity index (χ1n) is 6.19. The summed E-state index contributed by atoms with van der Waals surface area (Å²) in [6.45, 7) is 7.06. The minimum atomic E-state index is -0.530. The molecule has 0 fully saturated rings. The molecular formula is C14H23ClN2O2. The summed E-state index contributed by atoms with van der Waals surface area (Å²) in [5.41, 5.74) is 6.04. The summed E-state index contributed by atoms with van der Waals surface area (Å²) >= 11 is 0. The Morgan fingerprint density at radius 2 is 2.11 bits per heavy atom. The molecule has 4 nitrogen and oxygen atoms in total. The maximum absolute atomic E-state index is 11.9. The second-order valence-corrected chi connectivity index (χ2v) is 4.85. The van der Waals surface area contributed by atoms with Crippen LogP contribution in [0.5, 0.6) is 5.75 Å². The van der Waals surface area contributed by atoms with E-state index in [0.29, 0.717) is 19.7 Å². The molecule has 1 aromatic carbocycles. The highest BCUT2D eigenvalue weighted by molar-refractivity contribution is 5.85. The smallest absolute Gasteiger partial charge is 0.227 e. The molecule has 0 radical (unpaired) electrons. The van der Waals surface area contributed by atoms with E-state index < -0.39 is 5.41 Å². The quantitative estimate of drug-likeness (QED) is 0.842. The standard InChI is InChI=1S/C14H22N2O2.ClH/c1-4-18-12-7-5-6-11(8-12)9-16-13(17)14(2,3)10-15;/h5-8H,4,9-10,15H2,1-3H3,(H,16,17);1H. The van der Waals surface area contributed by atoms with Gasteiger partial charge in [-0.3, -0.25) is 4.79 Å². The Balaban J connectivity index is 0.00000324. The van der Waals surface area contributed by atoms with Crippen molar-refractivity contribution in [2.75, 3.05) is 13.2 Å². The first kappa shape index (κ1) is 17.7. The van der Waals surface area contributed by atoms with Gasteiger partial charge in [-0.15, -0.1) is 12.4 Å². The SMILES string of the molecule is CCOc1cccc(CNC(=O)C(C)(C)CN)c1.Cl. The van der Waals surface area contributed by atoms with Gasteiger partial charge in [0, 0.05) is 13.1 Å². The third-order valence-electron chi connectivity index (χ3n) is 2.79. The van der Waals surface area contributed by atoms with Crippen molar-refractivity contribution in [3.8, 4) is 5.75 Å². The minimum absolute atomic E-state index is 0. The molecule has 0 aromatic heterocycles.